The molecular weight excluding hydrogens is 308 g/mol. The van der Waals surface area contributed by atoms with Crippen LogP contribution in [-0.2, 0) is 0 Å². The highest BCUT2D eigenvalue weighted by molar-refractivity contribution is 7.80. The molecule has 23 heavy (non-hydrogen) atoms. The Hall–Kier alpha value is -1.63. The van der Waals surface area contributed by atoms with E-state index in [1.54, 1.807) is 0 Å². The second-order valence-electron chi connectivity index (χ2n) is 6.55. The minimum Gasteiger partial charge on any atom is -0.360 e. The SMILES string of the molecule is CC(C)NC(=S)Nc1nc(N2CCCC2)cc(N2CCCC2)n1. The van der Waals surface area contributed by atoms with E-state index >= 15 is 0 Å². The normalized spacial score (nSPS) is 17.9. The maximum atomic E-state index is 5.34. The highest BCUT2D eigenvalue weighted by Gasteiger charge is 2.20. The maximum Gasteiger partial charge on any atom is 0.232 e. The van der Waals surface area contributed by atoms with Crippen LogP contribution in [0.3, 0.4) is 0 Å². The van der Waals surface area contributed by atoms with Crippen LogP contribution in [0.15, 0.2) is 6.07 Å². The Kier molecular flexibility index (Phi) is 5.15. The molecule has 6 nitrogen and oxygen atoms in total. The summed E-state index contributed by atoms with van der Waals surface area (Å²) in [6.45, 7) is 8.42. The second-order valence-corrected chi connectivity index (χ2v) is 6.96. The molecule has 0 spiro atoms. The largest absolute Gasteiger partial charge is 0.360 e. The standard InChI is InChI=1S/C16H26N6S/c1-12(2)17-16(23)20-15-18-13(21-7-3-4-8-21)11-14(19-15)22-9-5-6-10-22/h11-12H,3-10H2,1-2H3,(H2,17,18,19,20,23). The second kappa shape index (κ2) is 7.29. The fourth-order valence-corrected chi connectivity index (χ4v) is 3.42. The number of hydrogen-bond donors (Lipinski definition) is 2. The summed E-state index contributed by atoms with van der Waals surface area (Å²) < 4.78 is 0. The minimum absolute atomic E-state index is 0.287. The number of anilines is 3. The van der Waals surface area contributed by atoms with E-state index in [1.807, 2.05) is 0 Å². The highest BCUT2D eigenvalue weighted by Crippen LogP contribution is 2.26. The molecule has 0 radical (unpaired) electrons. The average Bonchev–Trinajstić information content (AvgIpc) is 3.20. The molecule has 3 heterocycles. The van der Waals surface area contributed by atoms with Gasteiger partial charge < -0.3 is 20.4 Å². The summed E-state index contributed by atoms with van der Waals surface area (Å²) >= 11 is 5.34. The lowest BCUT2D eigenvalue weighted by Gasteiger charge is -2.22. The molecule has 2 N–H and O–H groups in total. The van der Waals surface area contributed by atoms with Crippen LogP contribution in [0, 0.1) is 0 Å². The van der Waals surface area contributed by atoms with Gasteiger partial charge in [0, 0.05) is 38.3 Å². The smallest absolute Gasteiger partial charge is 0.232 e. The van der Waals surface area contributed by atoms with Crippen molar-refractivity contribution in [3.05, 3.63) is 6.07 Å². The van der Waals surface area contributed by atoms with Crippen LogP contribution in [0.5, 0.6) is 0 Å². The third kappa shape index (κ3) is 4.22. The van der Waals surface area contributed by atoms with E-state index in [0.29, 0.717) is 11.1 Å². The van der Waals surface area contributed by atoms with Gasteiger partial charge in [0.1, 0.15) is 11.6 Å². The Morgan fingerprint density at radius 1 is 1.00 bits per heavy atom. The number of nitrogens with zero attached hydrogens (tertiary/aromatic N) is 4. The van der Waals surface area contributed by atoms with Crippen molar-refractivity contribution in [3.63, 3.8) is 0 Å². The van der Waals surface area contributed by atoms with Gasteiger partial charge in [-0.1, -0.05) is 0 Å². The zero-order valence-corrected chi connectivity index (χ0v) is 14.8. The summed E-state index contributed by atoms with van der Waals surface area (Å²) in [5, 5.41) is 6.90. The number of thiocarbonyl (C=S) groups is 1. The van der Waals surface area contributed by atoms with Crippen molar-refractivity contribution in [1.29, 1.82) is 0 Å². The van der Waals surface area contributed by atoms with E-state index in [-0.39, 0.29) is 6.04 Å². The Labute approximate surface area is 143 Å². The van der Waals surface area contributed by atoms with Crippen LogP contribution >= 0.6 is 12.2 Å². The first-order valence-corrected chi connectivity index (χ1v) is 8.99. The molecule has 0 saturated carbocycles. The van der Waals surface area contributed by atoms with Gasteiger partial charge in [-0.2, -0.15) is 9.97 Å². The zero-order chi connectivity index (χ0) is 16.2. The van der Waals surface area contributed by atoms with Gasteiger partial charge in [-0.3, -0.25) is 0 Å². The molecule has 0 aromatic carbocycles. The van der Waals surface area contributed by atoms with E-state index in [2.05, 4.69) is 50.3 Å². The third-order valence-corrected chi connectivity index (χ3v) is 4.42. The quantitative estimate of drug-likeness (QED) is 0.820. The van der Waals surface area contributed by atoms with E-state index in [0.717, 1.165) is 37.8 Å². The molecule has 2 fully saturated rings. The molecule has 0 amide bonds. The molecule has 1 aromatic heterocycles. The lowest BCUT2D eigenvalue weighted by molar-refractivity contribution is 0.738. The fourth-order valence-electron chi connectivity index (χ4n) is 3.09. The van der Waals surface area contributed by atoms with Crippen molar-refractivity contribution in [2.45, 2.75) is 45.6 Å². The lowest BCUT2D eigenvalue weighted by atomic mass is 10.4. The summed E-state index contributed by atoms with van der Waals surface area (Å²) in [6.07, 6.45) is 4.94. The van der Waals surface area contributed by atoms with Crippen molar-refractivity contribution in [2.75, 3.05) is 41.3 Å². The summed E-state index contributed by atoms with van der Waals surface area (Å²) in [7, 11) is 0. The molecule has 7 heteroatoms. The summed E-state index contributed by atoms with van der Waals surface area (Å²) in [6, 6.07) is 2.41. The Morgan fingerprint density at radius 2 is 1.48 bits per heavy atom. The molecule has 1 aromatic rings. The number of aromatic nitrogens is 2. The van der Waals surface area contributed by atoms with E-state index in [1.165, 1.54) is 25.7 Å². The first-order valence-electron chi connectivity index (χ1n) is 8.58. The number of nitrogens with one attached hydrogen (secondary N) is 2. The lowest BCUT2D eigenvalue weighted by Crippen LogP contribution is -2.35. The Bertz CT molecular complexity index is 515. The fraction of sp³-hybridized carbons (Fsp3) is 0.688. The molecule has 0 bridgehead atoms. The Balaban J connectivity index is 1.82. The van der Waals surface area contributed by atoms with Crippen molar-refractivity contribution < 1.29 is 0 Å². The van der Waals surface area contributed by atoms with E-state index in [4.69, 9.17) is 12.2 Å². The third-order valence-electron chi connectivity index (χ3n) is 4.20. The first kappa shape index (κ1) is 16.2. The van der Waals surface area contributed by atoms with E-state index in [9.17, 15) is 0 Å². The van der Waals surface area contributed by atoms with Crippen LogP contribution in [0.25, 0.3) is 0 Å². The average molecular weight is 334 g/mol. The molecule has 0 unspecified atom stereocenters. The van der Waals surface area contributed by atoms with Gasteiger partial charge in [-0.15, -0.1) is 0 Å². The monoisotopic (exact) mass is 334 g/mol. The van der Waals surface area contributed by atoms with Crippen molar-refractivity contribution in [1.82, 2.24) is 15.3 Å². The van der Waals surface area contributed by atoms with Gasteiger partial charge in [0.25, 0.3) is 0 Å². The first-order chi connectivity index (χ1) is 11.1. The van der Waals surface area contributed by atoms with Gasteiger partial charge in [0.05, 0.1) is 0 Å². The predicted octanol–water partition coefficient (Wildman–Crippen LogP) is 2.37. The summed E-state index contributed by atoms with van der Waals surface area (Å²) in [4.78, 5) is 14.0. The van der Waals surface area contributed by atoms with Gasteiger partial charge in [0.2, 0.25) is 5.95 Å². The van der Waals surface area contributed by atoms with Gasteiger partial charge in [0.15, 0.2) is 5.11 Å². The summed E-state index contributed by atoms with van der Waals surface area (Å²) in [5.74, 6) is 2.61. The van der Waals surface area contributed by atoms with Crippen LogP contribution in [-0.4, -0.2) is 47.3 Å². The van der Waals surface area contributed by atoms with Gasteiger partial charge in [-0.25, -0.2) is 0 Å². The molecule has 2 aliphatic rings. The maximum absolute atomic E-state index is 5.34. The van der Waals surface area contributed by atoms with Gasteiger partial charge >= 0.3 is 0 Å². The molecular formula is C16H26N6S. The van der Waals surface area contributed by atoms with Crippen molar-refractivity contribution in [2.24, 2.45) is 0 Å². The molecule has 126 valence electrons. The predicted molar refractivity (Wildman–Crippen MR) is 99.4 cm³/mol. The van der Waals surface area contributed by atoms with Crippen LogP contribution < -0.4 is 20.4 Å². The topological polar surface area (TPSA) is 56.3 Å². The van der Waals surface area contributed by atoms with Crippen molar-refractivity contribution in [3.8, 4) is 0 Å². The zero-order valence-electron chi connectivity index (χ0n) is 14.0. The molecule has 2 aliphatic heterocycles. The molecule has 0 aliphatic carbocycles. The Morgan fingerprint density at radius 3 is 1.91 bits per heavy atom. The number of rotatable bonds is 4. The molecule has 3 rings (SSSR count). The molecule has 0 atom stereocenters. The van der Waals surface area contributed by atoms with E-state index < -0.39 is 0 Å². The number of hydrogen-bond acceptors (Lipinski definition) is 5. The summed E-state index contributed by atoms with van der Waals surface area (Å²) in [5.41, 5.74) is 0. The van der Waals surface area contributed by atoms with Crippen LogP contribution in [0.2, 0.25) is 0 Å². The minimum atomic E-state index is 0.287. The highest BCUT2D eigenvalue weighted by atomic mass is 32.1. The van der Waals surface area contributed by atoms with Crippen molar-refractivity contribution >= 4 is 34.9 Å². The molecule has 2 saturated heterocycles. The van der Waals surface area contributed by atoms with Crippen LogP contribution in [0.1, 0.15) is 39.5 Å². The van der Waals surface area contributed by atoms with Crippen LogP contribution in [0.4, 0.5) is 17.6 Å². The van der Waals surface area contributed by atoms with Gasteiger partial charge in [-0.05, 0) is 51.7 Å².